The predicted octanol–water partition coefficient (Wildman–Crippen LogP) is 4.37. The molecule has 2 nitrogen and oxygen atoms in total. The number of hydrogen-bond donors (Lipinski definition) is 0. The smallest absolute Gasteiger partial charge is 0.302 e. The number of esters is 1. The van der Waals surface area contributed by atoms with Crippen molar-refractivity contribution in [3.63, 3.8) is 0 Å². The van der Waals surface area contributed by atoms with Crippen LogP contribution in [0.25, 0.3) is 0 Å². The van der Waals surface area contributed by atoms with Gasteiger partial charge in [-0.3, -0.25) is 4.79 Å². The number of carbonyl (C=O) groups excluding carboxylic acids is 1. The van der Waals surface area contributed by atoms with E-state index in [-0.39, 0.29) is 12.1 Å². The van der Waals surface area contributed by atoms with Gasteiger partial charge in [-0.05, 0) is 56.6 Å². The molecule has 112 valence electrons. The average Bonchev–Trinajstić information content (AvgIpc) is 2.43. The second-order valence-electron chi connectivity index (χ2n) is 4.32. The maximum atomic E-state index is 10.7. The molecular formula is C18H21ClO2. The minimum Gasteiger partial charge on any atom is -0.463 e. The van der Waals surface area contributed by atoms with Crippen LogP contribution in [-0.2, 0) is 9.53 Å². The van der Waals surface area contributed by atoms with Crippen LogP contribution in [0.4, 0.5) is 0 Å². The highest BCUT2D eigenvalue weighted by atomic mass is 35.5. The summed E-state index contributed by atoms with van der Waals surface area (Å²) < 4.78 is 5.05. The second kappa shape index (κ2) is 14.5. The van der Waals surface area contributed by atoms with Crippen LogP contribution in [0.2, 0.25) is 0 Å². The first-order chi connectivity index (χ1) is 10.2. The molecule has 3 heteroatoms. The first-order valence-electron chi connectivity index (χ1n) is 6.92. The molecule has 1 atom stereocenters. The molecule has 21 heavy (non-hydrogen) atoms. The van der Waals surface area contributed by atoms with E-state index in [4.69, 9.17) is 16.3 Å². The van der Waals surface area contributed by atoms with E-state index in [9.17, 15) is 4.79 Å². The molecule has 0 radical (unpaired) electrons. The second-order valence-corrected chi connectivity index (χ2v) is 4.58. The summed E-state index contributed by atoms with van der Waals surface area (Å²) >= 11 is 5.34. The van der Waals surface area contributed by atoms with Gasteiger partial charge in [0.05, 0.1) is 6.10 Å². The molecule has 0 saturated heterocycles. The lowest BCUT2D eigenvalue weighted by Gasteiger charge is -2.10. The summed E-state index contributed by atoms with van der Waals surface area (Å²) in [5, 5.41) is 0. The number of unbranched alkanes of at least 4 members (excludes halogenated alkanes) is 2. The number of allylic oxidation sites excluding steroid dienone is 5. The van der Waals surface area contributed by atoms with Gasteiger partial charge in [0.2, 0.25) is 0 Å². The largest absolute Gasteiger partial charge is 0.463 e. The molecule has 0 heterocycles. The Morgan fingerprint density at radius 2 is 1.90 bits per heavy atom. The number of rotatable bonds is 7. The van der Waals surface area contributed by atoms with Gasteiger partial charge in [-0.15, -0.1) is 0 Å². The fourth-order valence-corrected chi connectivity index (χ4v) is 1.56. The number of carbonyl (C=O) groups is 1. The monoisotopic (exact) mass is 304 g/mol. The summed E-state index contributed by atoms with van der Waals surface area (Å²) in [6.45, 7) is 3.35. The van der Waals surface area contributed by atoms with Gasteiger partial charge in [0.1, 0.15) is 0 Å². The van der Waals surface area contributed by atoms with Gasteiger partial charge in [-0.25, -0.2) is 0 Å². The van der Waals surface area contributed by atoms with Gasteiger partial charge in [-0.2, -0.15) is 0 Å². The van der Waals surface area contributed by atoms with Gasteiger partial charge in [0.25, 0.3) is 0 Å². The third-order valence-electron chi connectivity index (χ3n) is 2.37. The molecule has 0 fully saturated rings. The van der Waals surface area contributed by atoms with E-state index in [1.54, 1.807) is 18.2 Å². The highest BCUT2D eigenvalue weighted by Crippen LogP contribution is 2.06. The lowest BCUT2D eigenvalue weighted by molar-refractivity contribution is -0.145. The third-order valence-corrected chi connectivity index (χ3v) is 2.52. The fraction of sp³-hybridized carbons (Fsp3) is 0.389. The summed E-state index contributed by atoms with van der Waals surface area (Å²) in [5.74, 6) is 10.8. The molecule has 0 spiro atoms. The SMILES string of the molecule is CC(=O)OC(C)CCCCC=CC#CC#CC=CC=CCl. The minimum atomic E-state index is -0.215. The van der Waals surface area contributed by atoms with E-state index in [0.717, 1.165) is 25.7 Å². The molecule has 0 aliphatic heterocycles. The third kappa shape index (κ3) is 16.0. The lowest BCUT2D eigenvalue weighted by atomic mass is 10.1. The van der Waals surface area contributed by atoms with Crippen molar-refractivity contribution in [3.05, 3.63) is 35.9 Å². The van der Waals surface area contributed by atoms with E-state index >= 15 is 0 Å². The molecule has 0 aromatic heterocycles. The Morgan fingerprint density at radius 3 is 2.57 bits per heavy atom. The summed E-state index contributed by atoms with van der Waals surface area (Å²) in [4.78, 5) is 10.7. The molecule has 0 bridgehead atoms. The van der Waals surface area contributed by atoms with Gasteiger partial charge >= 0.3 is 5.97 Å². The normalized spacial score (nSPS) is 12.0. The van der Waals surface area contributed by atoms with Crippen molar-refractivity contribution >= 4 is 17.6 Å². The van der Waals surface area contributed by atoms with Crippen LogP contribution in [0.5, 0.6) is 0 Å². The van der Waals surface area contributed by atoms with Crippen molar-refractivity contribution < 1.29 is 9.53 Å². The van der Waals surface area contributed by atoms with E-state index in [1.165, 1.54) is 12.5 Å². The predicted molar refractivity (Wildman–Crippen MR) is 88.5 cm³/mol. The van der Waals surface area contributed by atoms with Crippen LogP contribution >= 0.6 is 11.6 Å². The summed E-state index contributed by atoms with van der Waals surface area (Å²) in [6.07, 6.45) is 12.9. The standard InChI is InChI=1S/C18H21ClO2/c1-17(21-18(2)20)15-13-11-9-7-5-3-4-6-8-10-12-14-16-19/h5,7,10,12,14,16-17H,9,11,13,15H2,1-2H3. The van der Waals surface area contributed by atoms with Crippen molar-refractivity contribution in [2.75, 3.05) is 0 Å². The summed E-state index contributed by atoms with van der Waals surface area (Å²) in [6, 6.07) is 0. The van der Waals surface area contributed by atoms with Crippen LogP contribution in [-0.4, -0.2) is 12.1 Å². The molecule has 0 aromatic carbocycles. The lowest BCUT2D eigenvalue weighted by Crippen LogP contribution is -2.11. The van der Waals surface area contributed by atoms with Gasteiger partial charge in [-0.1, -0.05) is 41.7 Å². The Hall–Kier alpha value is -1.90. The molecule has 0 aliphatic carbocycles. The Morgan fingerprint density at radius 1 is 1.19 bits per heavy atom. The molecule has 0 aromatic rings. The molecular weight excluding hydrogens is 284 g/mol. The van der Waals surface area contributed by atoms with Crippen molar-refractivity contribution in [3.8, 4) is 23.7 Å². The number of halogens is 1. The molecule has 0 rings (SSSR count). The quantitative estimate of drug-likeness (QED) is 0.302. The van der Waals surface area contributed by atoms with E-state index in [1.807, 2.05) is 19.1 Å². The summed E-state index contributed by atoms with van der Waals surface area (Å²) in [7, 11) is 0. The van der Waals surface area contributed by atoms with Crippen molar-refractivity contribution in [2.24, 2.45) is 0 Å². The van der Waals surface area contributed by atoms with E-state index in [0.29, 0.717) is 0 Å². The number of hydrogen-bond acceptors (Lipinski definition) is 2. The first kappa shape index (κ1) is 19.1. The Bertz CT molecular complexity index is 493. The summed E-state index contributed by atoms with van der Waals surface area (Å²) in [5.41, 5.74) is 1.42. The van der Waals surface area contributed by atoms with Crippen molar-refractivity contribution in [1.82, 2.24) is 0 Å². The number of ether oxygens (including phenoxy) is 1. The van der Waals surface area contributed by atoms with Gasteiger partial charge in [0.15, 0.2) is 0 Å². The average molecular weight is 305 g/mol. The molecule has 0 saturated carbocycles. The molecule has 0 N–H and O–H groups in total. The van der Waals surface area contributed by atoms with Crippen LogP contribution in [0.1, 0.15) is 39.5 Å². The molecule has 1 unspecified atom stereocenters. The van der Waals surface area contributed by atoms with Gasteiger partial charge < -0.3 is 4.74 Å². The highest BCUT2D eigenvalue weighted by Gasteiger charge is 2.03. The molecule has 0 aliphatic rings. The Kier molecular flexibility index (Phi) is 13.2. The van der Waals surface area contributed by atoms with Crippen LogP contribution in [0.15, 0.2) is 35.9 Å². The first-order valence-corrected chi connectivity index (χ1v) is 7.35. The minimum absolute atomic E-state index is 0.00301. The Labute approximate surface area is 132 Å². The van der Waals surface area contributed by atoms with E-state index < -0.39 is 0 Å². The van der Waals surface area contributed by atoms with Crippen LogP contribution in [0, 0.1) is 23.7 Å². The zero-order chi connectivity index (χ0) is 15.8. The zero-order valence-corrected chi connectivity index (χ0v) is 13.3. The topological polar surface area (TPSA) is 26.3 Å². The fourth-order valence-electron chi connectivity index (χ4n) is 1.48. The molecule has 0 amide bonds. The highest BCUT2D eigenvalue weighted by molar-refractivity contribution is 6.25. The van der Waals surface area contributed by atoms with Crippen LogP contribution in [0.3, 0.4) is 0 Å². The van der Waals surface area contributed by atoms with E-state index in [2.05, 4.69) is 23.7 Å². The Balaban J connectivity index is 3.68. The van der Waals surface area contributed by atoms with Crippen LogP contribution < -0.4 is 0 Å². The van der Waals surface area contributed by atoms with Crippen molar-refractivity contribution in [1.29, 1.82) is 0 Å². The zero-order valence-electron chi connectivity index (χ0n) is 12.6. The van der Waals surface area contributed by atoms with Crippen molar-refractivity contribution in [2.45, 2.75) is 45.6 Å². The maximum absolute atomic E-state index is 10.7. The maximum Gasteiger partial charge on any atom is 0.302 e. The van der Waals surface area contributed by atoms with Gasteiger partial charge in [0, 0.05) is 12.5 Å².